The third-order valence-electron chi connectivity index (χ3n) is 1.78. The van der Waals surface area contributed by atoms with Gasteiger partial charge in [0.2, 0.25) is 0 Å². The van der Waals surface area contributed by atoms with Gasteiger partial charge in [-0.2, -0.15) is 5.10 Å². The molecule has 0 heterocycles. The van der Waals surface area contributed by atoms with Crippen LogP contribution in [0.5, 0.6) is 0 Å². The van der Waals surface area contributed by atoms with Gasteiger partial charge in [0, 0.05) is 20.6 Å². The Bertz CT molecular complexity index is 280. The van der Waals surface area contributed by atoms with Crippen LogP contribution in [0.25, 0.3) is 0 Å². The maximum absolute atomic E-state index is 4.35. The van der Waals surface area contributed by atoms with Crippen molar-refractivity contribution in [2.45, 2.75) is 6.92 Å². The molecule has 0 aliphatic carbocycles. The summed E-state index contributed by atoms with van der Waals surface area (Å²) in [5.41, 5.74) is 1.12. The molecule has 0 saturated heterocycles. The summed E-state index contributed by atoms with van der Waals surface area (Å²) in [5.74, 6) is 0. The summed E-state index contributed by atoms with van der Waals surface area (Å²) < 4.78 is 0. The first-order chi connectivity index (χ1) is 6.74. The number of rotatable bonds is 4. The second kappa shape index (κ2) is 5.27. The van der Waals surface area contributed by atoms with Crippen LogP contribution in [-0.2, 0) is 0 Å². The molecule has 14 heavy (non-hydrogen) atoms. The van der Waals surface area contributed by atoms with E-state index in [0.29, 0.717) is 0 Å². The largest absolute Gasteiger partial charge is 0.367 e. The minimum atomic E-state index is 0.869. The van der Waals surface area contributed by atoms with Crippen molar-refractivity contribution in [3.05, 3.63) is 30.3 Å². The highest BCUT2D eigenvalue weighted by atomic mass is 15.5. The minimum Gasteiger partial charge on any atom is -0.367 e. The first kappa shape index (κ1) is 10.6. The molecule has 0 amide bonds. The Morgan fingerprint density at radius 2 is 1.86 bits per heavy atom. The van der Waals surface area contributed by atoms with Gasteiger partial charge >= 0.3 is 0 Å². The van der Waals surface area contributed by atoms with Crippen LogP contribution >= 0.6 is 0 Å². The summed E-state index contributed by atoms with van der Waals surface area (Å²) in [6.07, 6.45) is 1.80. The zero-order chi connectivity index (χ0) is 10.4. The van der Waals surface area contributed by atoms with Gasteiger partial charge in [0.1, 0.15) is 6.34 Å². The van der Waals surface area contributed by atoms with E-state index < -0.39 is 0 Å². The summed E-state index contributed by atoms with van der Waals surface area (Å²) in [4.78, 5) is 1.92. The van der Waals surface area contributed by atoms with Crippen molar-refractivity contribution in [1.82, 2.24) is 4.90 Å². The molecule has 1 aromatic rings. The molecule has 0 aliphatic heterocycles. The van der Waals surface area contributed by atoms with Gasteiger partial charge in [-0.25, -0.2) is 0 Å². The lowest BCUT2D eigenvalue weighted by molar-refractivity contribution is 0.636. The average molecular weight is 191 g/mol. The van der Waals surface area contributed by atoms with E-state index in [1.54, 1.807) is 6.34 Å². The Hall–Kier alpha value is -1.51. The highest BCUT2D eigenvalue weighted by molar-refractivity contribution is 5.57. The second-order valence-electron chi connectivity index (χ2n) is 3.25. The maximum atomic E-state index is 4.35. The number of anilines is 1. The predicted molar refractivity (Wildman–Crippen MR) is 61.6 cm³/mol. The lowest BCUT2D eigenvalue weighted by Gasteiger charge is -2.17. The number of benzene rings is 1. The number of para-hydroxylation sites is 1. The minimum absolute atomic E-state index is 0.869. The van der Waals surface area contributed by atoms with Crippen molar-refractivity contribution in [3.63, 3.8) is 0 Å². The first-order valence-corrected chi connectivity index (χ1v) is 4.77. The van der Waals surface area contributed by atoms with Gasteiger partial charge in [0.15, 0.2) is 0 Å². The van der Waals surface area contributed by atoms with Crippen molar-refractivity contribution in [1.29, 1.82) is 0 Å². The van der Waals surface area contributed by atoms with Crippen molar-refractivity contribution in [2.24, 2.45) is 5.10 Å². The highest BCUT2D eigenvalue weighted by Crippen LogP contribution is 2.12. The zero-order valence-corrected chi connectivity index (χ0v) is 9.01. The number of hydrogen-bond donors (Lipinski definition) is 0. The Kier molecular flexibility index (Phi) is 3.98. The summed E-state index contributed by atoms with van der Waals surface area (Å²) in [7, 11) is 3.92. The first-order valence-electron chi connectivity index (χ1n) is 4.77. The summed E-state index contributed by atoms with van der Waals surface area (Å²) >= 11 is 0. The molecular formula is C11H17N3. The van der Waals surface area contributed by atoms with Gasteiger partial charge in [0.25, 0.3) is 0 Å². The molecule has 0 bridgehead atoms. The SMILES string of the molecule is CCN(/N=C/N(C)C)c1ccccc1. The molecular weight excluding hydrogens is 174 g/mol. The highest BCUT2D eigenvalue weighted by Gasteiger charge is 1.98. The monoisotopic (exact) mass is 191 g/mol. The number of hydrazone groups is 1. The van der Waals surface area contributed by atoms with E-state index >= 15 is 0 Å². The van der Waals surface area contributed by atoms with Crippen molar-refractivity contribution in [2.75, 3.05) is 25.6 Å². The Morgan fingerprint density at radius 1 is 1.21 bits per heavy atom. The summed E-state index contributed by atoms with van der Waals surface area (Å²) in [6, 6.07) is 10.1. The maximum Gasteiger partial charge on any atom is 0.111 e. The molecule has 0 saturated carbocycles. The van der Waals surface area contributed by atoms with Crippen LogP contribution in [-0.4, -0.2) is 31.9 Å². The fourth-order valence-corrected chi connectivity index (χ4v) is 1.10. The van der Waals surface area contributed by atoms with E-state index in [4.69, 9.17) is 0 Å². The molecule has 0 aliphatic rings. The molecule has 0 atom stereocenters. The molecule has 1 rings (SSSR count). The fraction of sp³-hybridized carbons (Fsp3) is 0.364. The molecule has 0 unspecified atom stereocenters. The van der Waals surface area contributed by atoms with Gasteiger partial charge in [-0.3, -0.25) is 5.01 Å². The van der Waals surface area contributed by atoms with E-state index in [0.717, 1.165) is 12.2 Å². The molecule has 0 radical (unpaired) electrons. The second-order valence-corrected chi connectivity index (χ2v) is 3.25. The van der Waals surface area contributed by atoms with Crippen LogP contribution in [0.4, 0.5) is 5.69 Å². The molecule has 76 valence electrons. The van der Waals surface area contributed by atoms with E-state index in [2.05, 4.69) is 24.2 Å². The van der Waals surface area contributed by atoms with E-state index in [-0.39, 0.29) is 0 Å². The molecule has 3 nitrogen and oxygen atoms in total. The van der Waals surface area contributed by atoms with Crippen LogP contribution in [0.2, 0.25) is 0 Å². The van der Waals surface area contributed by atoms with Gasteiger partial charge in [-0.05, 0) is 19.1 Å². The Labute approximate surface area is 85.6 Å². The average Bonchev–Trinajstić information content (AvgIpc) is 2.20. The molecule has 0 spiro atoms. The topological polar surface area (TPSA) is 18.8 Å². The number of nitrogens with zero attached hydrogens (tertiary/aromatic N) is 3. The number of hydrogen-bond acceptors (Lipinski definition) is 2. The smallest absolute Gasteiger partial charge is 0.111 e. The third kappa shape index (κ3) is 3.09. The Morgan fingerprint density at radius 3 is 2.36 bits per heavy atom. The molecule has 0 fully saturated rings. The van der Waals surface area contributed by atoms with Crippen LogP contribution in [0.3, 0.4) is 0 Å². The normalized spacial score (nSPS) is 10.5. The van der Waals surface area contributed by atoms with Crippen molar-refractivity contribution >= 4 is 12.0 Å². The van der Waals surface area contributed by atoms with Crippen molar-refractivity contribution in [3.8, 4) is 0 Å². The van der Waals surface area contributed by atoms with Crippen LogP contribution in [0.15, 0.2) is 35.4 Å². The lowest BCUT2D eigenvalue weighted by atomic mass is 10.3. The van der Waals surface area contributed by atoms with Crippen LogP contribution < -0.4 is 5.01 Å². The van der Waals surface area contributed by atoms with E-state index in [9.17, 15) is 0 Å². The van der Waals surface area contributed by atoms with Gasteiger partial charge in [-0.15, -0.1) is 0 Å². The molecule has 0 aromatic heterocycles. The fourth-order valence-electron chi connectivity index (χ4n) is 1.10. The molecule has 1 aromatic carbocycles. The lowest BCUT2D eigenvalue weighted by Crippen LogP contribution is -2.19. The van der Waals surface area contributed by atoms with E-state index in [1.165, 1.54) is 0 Å². The predicted octanol–water partition coefficient (Wildman–Crippen LogP) is 2.02. The zero-order valence-electron chi connectivity index (χ0n) is 9.01. The van der Waals surface area contributed by atoms with Crippen LogP contribution in [0, 0.1) is 0 Å². The van der Waals surface area contributed by atoms with Gasteiger partial charge in [-0.1, -0.05) is 18.2 Å². The van der Waals surface area contributed by atoms with E-state index in [1.807, 2.05) is 42.2 Å². The quantitative estimate of drug-likeness (QED) is 0.412. The third-order valence-corrected chi connectivity index (χ3v) is 1.78. The summed E-state index contributed by atoms with van der Waals surface area (Å²) in [5, 5.41) is 6.30. The standard InChI is InChI=1S/C11H17N3/c1-4-14(12-10-13(2)3)11-8-6-5-7-9-11/h5-10H,4H2,1-3H3/b12-10+. The molecule has 0 N–H and O–H groups in total. The van der Waals surface area contributed by atoms with Gasteiger partial charge < -0.3 is 4.90 Å². The van der Waals surface area contributed by atoms with Crippen LogP contribution in [0.1, 0.15) is 6.92 Å². The Balaban J connectivity index is 2.73. The summed E-state index contributed by atoms with van der Waals surface area (Å²) in [6.45, 7) is 2.95. The van der Waals surface area contributed by atoms with Gasteiger partial charge in [0.05, 0.1) is 5.69 Å². The van der Waals surface area contributed by atoms with Crippen molar-refractivity contribution < 1.29 is 0 Å². The molecule has 3 heteroatoms.